The number of nitro benzene ring substituents is 1. The fraction of sp³-hybridized carbons (Fsp3) is 0.172. The Balaban J connectivity index is 1.60. The summed E-state index contributed by atoms with van der Waals surface area (Å²) in [6, 6.07) is 19.7. The van der Waals surface area contributed by atoms with E-state index in [1.807, 2.05) is 36.4 Å². The molecule has 0 saturated heterocycles. The van der Waals surface area contributed by atoms with Crippen LogP contribution in [-0.4, -0.2) is 23.7 Å². The number of hydrogen-bond donors (Lipinski definition) is 0. The van der Waals surface area contributed by atoms with Gasteiger partial charge >= 0.3 is 0 Å². The fourth-order valence-electron chi connectivity index (χ4n) is 5.22. The maximum absolute atomic E-state index is 13.9. The Morgan fingerprint density at radius 2 is 1.84 bits per heavy atom. The highest BCUT2D eigenvalue weighted by molar-refractivity contribution is 7.07. The highest BCUT2D eigenvalue weighted by Gasteiger charge is 2.33. The Kier molecular flexibility index (Phi) is 5.92. The van der Waals surface area contributed by atoms with E-state index < -0.39 is 11.0 Å². The maximum Gasteiger partial charge on any atom is 0.271 e. The molecule has 0 saturated carbocycles. The molecule has 190 valence electrons. The van der Waals surface area contributed by atoms with Crippen LogP contribution in [0.15, 0.2) is 82.1 Å². The van der Waals surface area contributed by atoms with Crippen molar-refractivity contribution in [2.75, 3.05) is 14.2 Å². The Labute approximate surface area is 221 Å². The summed E-state index contributed by atoms with van der Waals surface area (Å²) in [6.45, 7) is 0. The second-order valence-electron chi connectivity index (χ2n) is 9.08. The third kappa shape index (κ3) is 3.92. The summed E-state index contributed by atoms with van der Waals surface area (Å²) in [5, 5.41) is 11.6. The van der Waals surface area contributed by atoms with Crippen LogP contribution in [0.25, 0.3) is 11.8 Å². The molecule has 0 bridgehead atoms. The van der Waals surface area contributed by atoms with E-state index >= 15 is 0 Å². The normalized spacial score (nSPS) is 16.3. The molecule has 3 aromatic carbocycles. The smallest absolute Gasteiger partial charge is 0.271 e. The first-order chi connectivity index (χ1) is 18.5. The third-order valence-electron chi connectivity index (χ3n) is 6.98. The first-order valence-corrected chi connectivity index (χ1v) is 12.9. The van der Waals surface area contributed by atoms with Crippen LogP contribution < -0.4 is 24.4 Å². The lowest BCUT2D eigenvalue weighted by molar-refractivity contribution is -0.384. The van der Waals surface area contributed by atoms with E-state index in [1.165, 1.54) is 23.0 Å². The summed E-state index contributed by atoms with van der Waals surface area (Å²) in [6.07, 6.45) is 3.34. The average molecular weight is 526 g/mol. The first-order valence-electron chi connectivity index (χ1n) is 12.1. The zero-order valence-electron chi connectivity index (χ0n) is 20.7. The molecule has 1 aromatic heterocycles. The highest BCUT2D eigenvalue weighted by Crippen LogP contribution is 2.41. The number of methoxy groups -OCH3 is 2. The highest BCUT2D eigenvalue weighted by atomic mass is 32.1. The molecule has 4 aromatic rings. The van der Waals surface area contributed by atoms with Gasteiger partial charge in [0.25, 0.3) is 11.2 Å². The molecule has 1 atom stereocenters. The summed E-state index contributed by atoms with van der Waals surface area (Å²) >= 11 is 1.31. The quantitative estimate of drug-likeness (QED) is 0.287. The number of aromatic nitrogens is 1. The van der Waals surface area contributed by atoms with E-state index in [9.17, 15) is 14.9 Å². The molecule has 0 fully saturated rings. The second kappa shape index (κ2) is 9.42. The van der Waals surface area contributed by atoms with Gasteiger partial charge in [0, 0.05) is 17.7 Å². The number of non-ortho nitro benzene ring substituents is 1. The number of aryl methyl sites for hydroxylation is 1. The molecular formula is C29H23N3O5S. The fourth-order valence-corrected chi connectivity index (χ4v) is 6.23. The number of fused-ring (bicyclic) bond motifs is 3. The monoisotopic (exact) mass is 525 g/mol. The van der Waals surface area contributed by atoms with Crippen molar-refractivity contribution in [3.8, 4) is 11.5 Å². The molecule has 1 aliphatic heterocycles. The van der Waals surface area contributed by atoms with E-state index in [2.05, 4.69) is 12.1 Å². The van der Waals surface area contributed by atoms with Crippen LogP contribution in [0.5, 0.6) is 11.5 Å². The zero-order valence-corrected chi connectivity index (χ0v) is 21.5. The van der Waals surface area contributed by atoms with Gasteiger partial charge in [-0.25, -0.2) is 4.99 Å². The van der Waals surface area contributed by atoms with Gasteiger partial charge in [-0.05, 0) is 53.3 Å². The van der Waals surface area contributed by atoms with Crippen LogP contribution in [0.3, 0.4) is 0 Å². The van der Waals surface area contributed by atoms with Crippen molar-refractivity contribution in [3.63, 3.8) is 0 Å². The lowest BCUT2D eigenvalue weighted by atomic mass is 9.83. The minimum atomic E-state index is -0.484. The topological polar surface area (TPSA) is 96.0 Å². The minimum Gasteiger partial charge on any atom is -0.493 e. The Hall–Kier alpha value is -4.50. The number of ether oxygens (including phenoxy) is 2. The van der Waals surface area contributed by atoms with Crippen molar-refractivity contribution in [2.45, 2.75) is 18.9 Å². The standard InChI is InChI=1S/C29H23N3O5S/c1-36-23-13-10-17(14-24(23)37-2)15-25-28(33)31-27(19-7-5-8-20(16-19)32(34)35)22-12-11-18-6-3-4-9-21(18)26(22)30-29(31)38-25/h3-10,13-16,27H,11-12H2,1-2H3. The van der Waals surface area contributed by atoms with Crippen molar-refractivity contribution in [1.29, 1.82) is 0 Å². The molecule has 38 heavy (non-hydrogen) atoms. The summed E-state index contributed by atoms with van der Waals surface area (Å²) < 4.78 is 13.0. The summed E-state index contributed by atoms with van der Waals surface area (Å²) in [7, 11) is 3.14. The lowest BCUT2D eigenvalue weighted by Crippen LogP contribution is -2.38. The molecule has 1 unspecified atom stereocenters. The van der Waals surface area contributed by atoms with Crippen molar-refractivity contribution >= 4 is 28.8 Å². The second-order valence-corrected chi connectivity index (χ2v) is 10.1. The predicted molar refractivity (Wildman–Crippen MR) is 145 cm³/mol. The SMILES string of the molecule is COc1ccc(C=c2sc3n(c2=O)C(c2cccc([N+](=O)[O-])c2)C2=C(N=3)c3ccccc3CC2)cc1OC. The van der Waals surface area contributed by atoms with Gasteiger partial charge in [-0.1, -0.05) is 53.8 Å². The van der Waals surface area contributed by atoms with Gasteiger partial charge in [-0.2, -0.15) is 0 Å². The molecule has 6 rings (SSSR count). The predicted octanol–water partition coefficient (Wildman–Crippen LogP) is 4.24. The van der Waals surface area contributed by atoms with Crippen molar-refractivity contribution in [2.24, 2.45) is 4.99 Å². The zero-order chi connectivity index (χ0) is 26.4. The van der Waals surface area contributed by atoms with Crippen LogP contribution in [0.1, 0.15) is 34.7 Å². The van der Waals surface area contributed by atoms with Gasteiger partial charge in [0.15, 0.2) is 16.3 Å². The number of nitro groups is 1. The summed E-state index contributed by atoms with van der Waals surface area (Å²) in [5.41, 5.74) is 5.37. The third-order valence-corrected chi connectivity index (χ3v) is 7.96. The molecule has 2 aliphatic rings. The van der Waals surface area contributed by atoms with E-state index in [4.69, 9.17) is 14.5 Å². The van der Waals surface area contributed by atoms with Crippen LogP contribution >= 0.6 is 11.3 Å². The summed E-state index contributed by atoms with van der Waals surface area (Å²) in [4.78, 5) is 30.6. The van der Waals surface area contributed by atoms with Crippen LogP contribution in [-0.2, 0) is 6.42 Å². The van der Waals surface area contributed by atoms with Crippen LogP contribution in [0.2, 0.25) is 0 Å². The van der Waals surface area contributed by atoms with Gasteiger partial charge in [0.2, 0.25) is 0 Å². The number of thiazole rings is 1. The largest absolute Gasteiger partial charge is 0.493 e. The number of hydrogen-bond acceptors (Lipinski definition) is 7. The number of allylic oxidation sites excluding steroid dienone is 1. The van der Waals surface area contributed by atoms with Crippen LogP contribution in [0, 0.1) is 10.1 Å². The maximum atomic E-state index is 13.9. The van der Waals surface area contributed by atoms with Crippen molar-refractivity contribution in [3.05, 3.63) is 124 Å². The van der Waals surface area contributed by atoms with Crippen LogP contribution in [0.4, 0.5) is 5.69 Å². The minimum absolute atomic E-state index is 0.00897. The van der Waals surface area contributed by atoms with E-state index in [0.29, 0.717) is 32.8 Å². The lowest BCUT2D eigenvalue weighted by Gasteiger charge is -2.30. The molecule has 1 aliphatic carbocycles. The van der Waals surface area contributed by atoms with Gasteiger partial charge in [-0.3, -0.25) is 19.5 Å². The van der Waals surface area contributed by atoms with Gasteiger partial charge < -0.3 is 9.47 Å². The molecular weight excluding hydrogens is 502 g/mol. The molecule has 0 radical (unpaired) electrons. The average Bonchev–Trinajstić information content (AvgIpc) is 3.25. The van der Waals surface area contributed by atoms with E-state index in [0.717, 1.165) is 28.8 Å². The van der Waals surface area contributed by atoms with E-state index in [-0.39, 0.29) is 11.2 Å². The van der Waals surface area contributed by atoms with Gasteiger partial charge in [0.1, 0.15) is 0 Å². The number of nitrogens with zero attached hydrogens (tertiary/aromatic N) is 3. The number of benzene rings is 3. The Morgan fingerprint density at radius 3 is 2.63 bits per heavy atom. The summed E-state index contributed by atoms with van der Waals surface area (Å²) in [5.74, 6) is 1.17. The number of rotatable bonds is 5. The van der Waals surface area contributed by atoms with Crippen molar-refractivity contribution < 1.29 is 14.4 Å². The van der Waals surface area contributed by atoms with Crippen molar-refractivity contribution in [1.82, 2.24) is 4.57 Å². The molecule has 9 heteroatoms. The van der Waals surface area contributed by atoms with Gasteiger partial charge in [0.05, 0.1) is 35.4 Å². The molecule has 0 N–H and O–H groups in total. The van der Waals surface area contributed by atoms with Gasteiger partial charge in [-0.15, -0.1) is 0 Å². The Bertz CT molecular complexity index is 1820. The molecule has 8 nitrogen and oxygen atoms in total. The molecule has 0 spiro atoms. The molecule has 2 heterocycles. The Morgan fingerprint density at radius 1 is 1.03 bits per heavy atom. The van der Waals surface area contributed by atoms with E-state index in [1.54, 1.807) is 37.0 Å². The molecule has 0 amide bonds. The first kappa shape index (κ1) is 23.9.